The molecule has 0 amide bonds. The molecule has 0 N–H and O–H groups in total. The second-order valence-corrected chi connectivity index (χ2v) is 7.18. The SMILES string of the molecule is CCCC(SCCCCC(F)(F)C(F)(F)C(F)(F)F)C(=O)OC(C)C. The van der Waals surface area contributed by atoms with Crippen molar-refractivity contribution >= 4 is 17.7 Å². The Hall–Kier alpha value is -0.670. The summed E-state index contributed by atoms with van der Waals surface area (Å²) in [6, 6.07) is 0. The predicted molar refractivity (Wildman–Crippen MR) is 82.2 cm³/mol. The van der Waals surface area contributed by atoms with Crippen LogP contribution in [0.5, 0.6) is 0 Å². The lowest BCUT2D eigenvalue weighted by molar-refractivity contribution is -0.355. The van der Waals surface area contributed by atoms with E-state index in [1.165, 1.54) is 0 Å². The summed E-state index contributed by atoms with van der Waals surface area (Å²) in [5.41, 5.74) is 0. The first kappa shape index (κ1) is 24.3. The van der Waals surface area contributed by atoms with Gasteiger partial charge in [0.05, 0.1) is 6.10 Å². The van der Waals surface area contributed by atoms with Crippen molar-refractivity contribution in [1.82, 2.24) is 0 Å². The van der Waals surface area contributed by atoms with Gasteiger partial charge in [-0.1, -0.05) is 13.3 Å². The smallest absolute Gasteiger partial charge is 0.459 e. The highest BCUT2D eigenvalue weighted by Gasteiger charge is 2.72. The molecule has 0 fully saturated rings. The standard InChI is InChI=1S/C15H23F7O2S/c1-4-7-11(12(23)24-10(2)3)25-9-6-5-8-13(16,17)14(18,19)15(20,21)22/h10-11H,4-9H2,1-3H3. The summed E-state index contributed by atoms with van der Waals surface area (Å²) >= 11 is 1.13. The van der Waals surface area contributed by atoms with Crippen molar-refractivity contribution in [2.24, 2.45) is 0 Å². The lowest BCUT2D eigenvalue weighted by Gasteiger charge is -2.28. The monoisotopic (exact) mass is 400 g/mol. The van der Waals surface area contributed by atoms with E-state index in [4.69, 9.17) is 4.74 Å². The van der Waals surface area contributed by atoms with Crippen LogP contribution in [0.2, 0.25) is 0 Å². The number of halogens is 7. The van der Waals surface area contributed by atoms with Gasteiger partial charge in [-0.2, -0.15) is 30.7 Å². The van der Waals surface area contributed by atoms with Crippen LogP contribution in [0.3, 0.4) is 0 Å². The lowest BCUT2D eigenvalue weighted by Crippen LogP contribution is -2.51. The molecule has 0 rings (SSSR count). The summed E-state index contributed by atoms with van der Waals surface area (Å²) in [5, 5.41) is -0.510. The van der Waals surface area contributed by atoms with Crippen molar-refractivity contribution in [1.29, 1.82) is 0 Å². The number of unbranched alkanes of at least 4 members (excludes halogenated alkanes) is 1. The molecule has 0 aromatic heterocycles. The van der Waals surface area contributed by atoms with Crippen LogP contribution in [0.15, 0.2) is 0 Å². The number of carbonyl (C=O) groups is 1. The number of ether oxygens (including phenoxy) is 1. The number of alkyl halides is 7. The first-order valence-corrected chi connectivity index (χ1v) is 8.95. The van der Waals surface area contributed by atoms with E-state index in [0.717, 1.165) is 11.8 Å². The van der Waals surface area contributed by atoms with Crippen LogP contribution >= 0.6 is 11.8 Å². The third-order valence-electron chi connectivity index (χ3n) is 3.19. The molecule has 1 atom stereocenters. The Labute approximate surface area is 146 Å². The maximum atomic E-state index is 13.1. The second-order valence-electron chi connectivity index (χ2n) is 5.87. The highest BCUT2D eigenvalue weighted by Crippen LogP contribution is 2.48. The van der Waals surface area contributed by atoms with Crippen molar-refractivity contribution in [3.8, 4) is 0 Å². The molecular weight excluding hydrogens is 377 g/mol. The van der Waals surface area contributed by atoms with E-state index in [-0.39, 0.29) is 18.3 Å². The van der Waals surface area contributed by atoms with Gasteiger partial charge in [-0.15, -0.1) is 11.8 Å². The molecule has 10 heteroatoms. The molecule has 0 aromatic carbocycles. The highest BCUT2D eigenvalue weighted by atomic mass is 32.2. The van der Waals surface area contributed by atoms with E-state index in [1.807, 2.05) is 6.92 Å². The number of hydrogen-bond acceptors (Lipinski definition) is 3. The van der Waals surface area contributed by atoms with Crippen molar-refractivity contribution < 1.29 is 40.3 Å². The fourth-order valence-corrected chi connectivity index (χ4v) is 3.13. The van der Waals surface area contributed by atoms with Gasteiger partial charge < -0.3 is 4.74 Å². The first-order chi connectivity index (χ1) is 11.3. The molecule has 0 heterocycles. The van der Waals surface area contributed by atoms with Crippen LogP contribution < -0.4 is 0 Å². The number of hydrogen-bond donors (Lipinski definition) is 0. The minimum absolute atomic E-state index is 0.0105. The van der Waals surface area contributed by atoms with E-state index < -0.39 is 42.1 Å². The average molecular weight is 400 g/mol. The molecule has 25 heavy (non-hydrogen) atoms. The molecule has 0 bridgehead atoms. The Morgan fingerprint density at radius 2 is 1.60 bits per heavy atom. The number of rotatable bonds is 11. The molecular formula is C15H23F7O2S. The van der Waals surface area contributed by atoms with Gasteiger partial charge in [-0.05, 0) is 38.9 Å². The molecule has 0 spiro atoms. The van der Waals surface area contributed by atoms with Crippen LogP contribution in [0, 0.1) is 0 Å². The molecule has 0 radical (unpaired) electrons. The molecule has 0 aromatic rings. The summed E-state index contributed by atoms with van der Waals surface area (Å²) in [6.07, 6.45) is -7.52. The normalized spacial score (nSPS) is 14.7. The van der Waals surface area contributed by atoms with Crippen molar-refractivity contribution in [3.05, 3.63) is 0 Å². The quantitative estimate of drug-likeness (QED) is 0.247. The summed E-state index contributed by atoms with van der Waals surface area (Å²) in [4.78, 5) is 11.8. The molecule has 1 unspecified atom stereocenters. The zero-order valence-electron chi connectivity index (χ0n) is 14.3. The summed E-state index contributed by atoms with van der Waals surface area (Å²) in [5.74, 6) is -11.5. The van der Waals surface area contributed by atoms with Gasteiger partial charge in [0.1, 0.15) is 5.25 Å². The number of esters is 1. The molecule has 2 nitrogen and oxygen atoms in total. The van der Waals surface area contributed by atoms with Gasteiger partial charge in [0.25, 0.3) is 0 Å². The third kappa shape index (κ3) is 7.62. The van der Waals surface area contributed by atoms with Crippen molar-refractivity contribution in [3.63, 3.8) is 0 Å². The zero-order chi connectivity index (χ0) is 19.9. The van der Waals surface area contributed by atoms with Crippen molar-refractivity contribution in [2.45, 2.75) is 82.3 Å². The third-order valence-corrected chi connectivity index (χ3v) is 4.54. The topological polar surface area (TPSA) is 26.3 Å². The zero-order valence-corrected chi connectivity index (χ0v) is 15.1. The first-order valence-electron chi connectivity index (χ1n) is 7.90. The van der Waals surface area contributed by atoms with Gasteiger partial charge in [0.15, 0.2) is 0 Å². The Kier molecular flexibility index (Phi) is 9.61. The molecule has 0 saturated carbocycles. The average Bonchev–Trinajstić information content (AvgIpc) is 2.43. The van der Waals surface area contributed by atoms with E-state index in [1.54, 1.807) is 13.8 Å². The molecule has 0 aliphatic carbocycles. The largest absolute Gasteiger partial charge is 0.462 e. The molecule has 0 aliphatic heterocycles. The van der Waals surface area contributed by atoms with Crippen LogP contribution in [0.1, 0.15) is 52.9 Å². The minimum atomic E-state index is -6.29. The lowest BCUT2D eigenvalue weighted by atomic mass is 10.0. The fraction of sp³-hybridized carbons (Fsp3) is 0.933. The highest BCUT2D eigenvalue weighted by molar-refractivity contribution is 8.00. The maximum absolute atomic E-state index is 13.1. The van der Waals surface area contributed by atoms with Gasteiger partial charge in [0.2, 0.25) is 0 Å². The van der Waals surface area contributed by atoms with Crippen molar-refractivity contribution in [2.75, 3.05) is 5.75 Å². The van der Waals surface area contributed by atoms with Gasteiger partial charge in [-0.25, -0.2) is 0 Å². The summed E-state index contributed by atoms with van der Waals surface area (Å²) in [7, 11) is 0. The fourth-order valence-electron chi connectivity index (χ4n) is 1.88. The van der Waals surface area contributed by atoms with Gasteiger partial charge in [0, 0.05) is 6.42 Å². The Balaban J connectivity index is 4.40. The van der Waals surface area contributed by atoms with E-state index in [2.05, 4.69) is 0 Å². The maximum Gasteiger partial charge on any atom is 0.459 e. The predicted octanol–water partition coefficient (Wildman–Crippen LogP) is 5.84. The van der Waals surface area contributed by atoms with Crippen LogP contribution in [0.4, 0.5) is 30.7 Å². The molecule has 0 saturated heterocycles. The Morgan fingerprint density at radius 1 is 1.04 bits per heavy atom. The van der Waals surface area contributed by atoms with Crippen LogP contribution in [0.25, 0.3) is 0 Å². The number of thioether (sulfide) groups is 1. The minimum Gasteiger partial charge on any atom is -0.462 e. The van der Waals surface area contributed by atoms with Crippen LogP contribution in [-0.4, -0.2) is 41.1 Å². The van der Waals surface area contributed by atoms with E-state index in [0.29, 0.717) is 12.8 Å². The second kappa shape index (κ2) is 9.87. The summed E-state index contributed by atoms with van der Waals surface area (Å²) in [6.45, 7) is 5.19. The van der Waals surface area contributed by atoms with Gasteiger partial charge in [-0.3, -0.25) is 4.79 Å². The Bertz CT molecular complexity index is 411. The van der Waals surface area contributed by atoms with Gasteiger partial charge >= 0.3 is 24.0 Å². The van der Waals surface area contributed by atoms with E-state index in [9.17, 15) is 35.5 Å². The molecule has 0 aliphatic rings. The van der Waals surface area contributed by atoms with Crippen LogP contribution in [-0.2, 0) is 9.53 Å². The Morgan fingerprint density at radius 3 is 2.04 bits per heavy atom. The number of carbonyl (C=O) groups excluding carboxylic acids is 1. The van der Waals surface area contributed by atoms with E-state index >= 15 is 0 Å². The summed E-state index contributed by atoms with van der Waals surface area (Å²) < 4.78 is 92.8. The molecule has 150 valence electrons.